The number of rotatable bonds is 12. The van der Waals surface area contributed by atoms with Crippen LogP contribution in [0.15, 0.2) is 89.5 Å². The molecule has 8 heteroatoms. The van der Waals surface area contributed by atoms with Gasteiger partial charge in [0, 0.05) is 29.8 Å². The number of hydrogen-bond donors (Lipinski definition) is 3. The van der Waals surface area contributed by atoms with Crippen molar-refractivity contribution in [1.82, 2.24) is 4.90 Å². The number of carboxylic acids is 2. The number of carboxylic acid groups (broad SMARTS) is 2. The highest BCUT2D eigenvalue weighted by molar-refractivity contribution is 6.30. The van der Waals surface area contributed by atoms with Gasteiger partial charge in [-0.15, -0.1) is 0 Å². The van der Waals surface area contributed by atoms with Crippen molar-refractivity contribution in [3.63, 3.8) is 0 Å². The molecule has 1 saturated heterocycles. The molecule has 0 spiro atoms. The highest BCUT2D eigenvalue weighted by Gasteiger charge is 2.63. The topological polar surface area (TPSA) is 107 Å². The van der Waals surface area contributed by atoms with Crippen molar-refractivity contribution in [1.29, 1.82) is 0 Å². The summed E-state index contributed by atoms with van der Waals surface area (Å²) in [7, 11) is 2.22. The van der Waals surface area contributed by atoms with Crippen LogP contribution < -0.4 is 0 Å². The summed E-state index contributed by atoms with van der Waals surface area (Å²) in [6, 6.07) is 19.1. The first-order valence-electron chi connectivity index (χ1n) is 23.9. The first-order valence-corrected chi connectivity index (χ1v) is 24.3. The van der Waals surface area contributed by atoms with Crippen LogP contribution in [-0.4, -0.2) is 64.5 Å². The Balaban J connectivity index is 0.000000207. The van der Waals surface area contributed by atoms with E-state index in [1.54, 1.807) is 0 Å². The maximum atomic E-state index is 10.8. The maximum Gasteiger partial charge on any atom is 0.328 e. The molecule has 9 unspecified atom stereocenters. The predicted molar refractivity (Wildman–Crippen MR) is 258 cm³/mol. The van der Waals surface area contributed by atoms with E-state index < -0.39 is 17.5 Å². The molecule has 3 N–H and O–H groups in total. The first-order chi connectivity index (χ1) is 29.6. The fourth-order valence-electron chi connectivity index (χ4n) is 13.2. The number of carbonyl (C=O) groups is 2. The summed E-state index contributed by atoms with van der Waals surface area (Å²) in [6.45, 7) is 23.7. The van der Waals surface area contributed by atoms with Gasteiger partial charge in [-0.3, -0.25) is 0 Å². The van der Waals surface area contributed by atoms with Crippen molar-refractivity contribution in [2.45, 2.75) is 164 Å². The summed E-state index contributed by atoms with van der Waals surface area (Å²) in [4.78, 5) is 21.6. The molecule has 7 rings (SSSR count). The zero-order chi connectivity index (χ0) is 46.4. The van der Waals surface area contributed by atoms with Crippen molar-refractivity contribution < 1.29 is 29.6 Å². The molecule has 7 nitrogen and oxygen atoms in total. The third-order valence-corrected chi connectivity index (χ3v) is 17.5. The van der Waals surface area contributed by atoms with Gasteiger partial charge in [0.2, 0.25) is 0 Å². The zero-order valence-electron chi connectivity index (χ0n) is 40.3. The second-order valence-electron chi connectivity index (χ2n) is 21.4. The quantitative estimate of drug-likeness (QED) is 0.144. The summed E-state index contributed by atoms with van der Waals surface area (Å²) < 4.78 is 6.48. The van der Waals surface area contributed by atoms with E-state index in [0.717, 1.165) is 41.9 Å². The van der Waals surface area contributed by atoms with Crippen LogP contribution in [0.3, 0.4) is 0 Å². The van der Waals surface area contributed by atoms with Crippen molar-refractivity contribution in [3.8, 4) is 0 Å². The Morgan fingerprint density at radius 2 is 1.51 bits per heavy atom. The molecule has 0 bridgehead atoms. The molecule has 2 aromatic rings. The lowest BCUT2D eigenvalue weighted by molar-refractivity contribution is -0.134. The van der Waals surface area contributed by atoms with Crippen LogP contribution in [0, 0.1) is 39.4 Å². The van der Waals surface area contributed by atoms with Crippen molar-refractivity contribution in [2.24, 2.45) is 39.4 Å². The molecule has 348 valence electrons. The fourth-order valence-corrected chi connectivity index (χ4v) is 13.3. The van der Waals surface area contributed by atoms with Crippen LogP contribution >= 0.6 is 11.6 Å². The first kappa shape index (κ1) is 50.8. The van der Waals surface area contributed by atoms with Gasteiger partial charge in [0.05, 0.1) is 6.10 Å². The lowest BCUT2D eigenvalue weighted by Gasteiger charge is -2.62. The van der Waals surface area contributed by atoms with Crippen LogP contribution in [0.25, 0.3) is 0 Å². The number of fused-ring (bicyclic) bond motifs is 4. The largest absolute Gasteiger partial charge is 0.478 e. The summed E-state index contributed by atoms with van der Waals surface area (Å²) in [5.74, 6) is -0.192. The van der Waals surface area contributed by atoms with E-state index >= 15 is 0 Å². The Morgan fingerprint density at radius 1 is 0.873 bits per heavy atom. The summed E-state index contributed by atoms with van der Waals surface area (Å²) >= 11 is 6.07. The average molecular weight is 887 g/mol. The van der Waals surface area contributed by atoms with E-state index in [2.05, 4.69) is 117 Å². The van der Waals surface area contributed by atoms with E-state index in [-0.39, 0.29) is 11.5 Å². The molecule has 0 radical (unpaired) electrons. The van der Waals surface area contributed by atoms with Crippen LogP contribution in [0.2, 0.25) is 5.02 Å². The van der Waals surface area contributed by atoms with E-state index in [1.165, 1.54) is 88.3 Å². The van der Waals surface area contributed by atoms with Crippen molar-refractivity contribution >= 4 is 23.5 Å². The van der Waals surface area contributed by atoms with Gasteiger partial charge >= 0.3 is 11.9 Å². The molecule has 0 aromatic heterocycles. The molecule has 3 fully saturated rings. The van der Waals surface area contributed by atoms with Crippen LogP contribution in [0.1, 0.15) is 157 Å². The molecule has 63 heavy (non-hydrogen) atoms. The monoisotopic (exact) mass is 886 g/mol. The highest BCUT2D eigenvalue weighted by Crippen LogP contribution is 2.72. The van der Waals surface area contributed by atoms with E-state index in [4.69, 9.17) is 26.6 Å². The molecule has 1 aliphatic heterocycles. The Labute approximate surface area is 385 Å². The normalized spacial score (nSPS) is 31.2. The lowest BCUT2D eigenvalue weighted by atomic mass is 9.43. The molecule has 9 atom stereocenters. The smallest absolute Gasteiger partial charge is 0.328 e. The number of aliphatic hydroxyl groups excluding tert-OH is 1. The molecule has 0 amide bonds. The molecular weight excluding hydrogens is 806 g/mol. The van der Waals surface area contributed by atoms with Gasteiger partial charge in [0.15, 0.2) is 0 Å². The van der Waals surface area contributed by atoms with Crippen molar-refractivity contribution in [2.75, 3.05) is 20.2 Å². The van der Waals surface area contributed by atoms with E-state index in [0.29, 0.717) is 40.4 Å². The van der Waals surface area contributed by atoms with Gasteiger partial charge in [-0.05, 0) is 181 Å². The van der Waals surface area contributed by atoms with Crippen LogP contribution in [0.5, 0.6) is 0 Å². The van der Waals surface area contributed by atoms with Gasteiger partial charge in [0.25, 0.3) is 0 Å². The number of nitrogens with zero attached hydrogens (tertiary/aromatic N) is 1. The predicted octanol–water partition coefficient (Wildman–Crippen LogP) is 13.3. The van der Waals surface area contributed by atoms with Gasteiger partial charge in [0.1, 0.15) is 5.60 Å². The van der Waals surface area contributed by atoms with Crippen molar-refractivity contribution in [3.05, 3.63) is 106 Å². The Morgan fingerprint density at radius 3 is 2.10 bits per heavy atom. The minimum atomic E-state index is -1.26. The standard InChI is InChI=1S/C30H50O.C21H26ClNO.C4H4O4/c1-20(2)10-9-11-21(3)22-14-18-30(8)24-12-13-25-27(4,5)26(31)16-17-28(25,6)23(24)15-19-29(22,30)7;1-21(17-7-4-3-5-8-17,18-10-12-19(22)13-11-18)24-16-14-20-9-6-15-23(20)2;5-3(6)1-2-4(7)8/h10,21-22,25-26,31H,9,11-19H2,1-8H3;3-5,7-8,10-13,20H,6,9,14-16H2,1-2H3;1-2H,(H,5,6)(H,7,8). The lowest BCUT2D eigenvalue weighted by Crippen LogP contribution is -2.55. The Bertz CT molecular complexity index is 1940. The summed E-state index contributed by atoms with van der Waals surface area (Å²) in [5.41, 5.74) is 8.26. The summed E-state index contributed by atoms with van der Waals surface area (Å²) in [6.07, 6.45) is 19.9. The molecule has 2 saturated carbocycles. The third kappa shape index (κ3) is 11.1. The van der Waals surface area contributed by atoms with Gasteiger partial charge < -0.3 is 25.0 Å². The number of likely N-dealkylation sites (tertiary alicyclic amines) is 1. The van der Waals surface area contributed by atoms with Crippen LogP contribution in [0.4, 0.5) is 0 Å². The molecular formula is C55H80ClNO6. The molecule has 2 aromatic carbocycles. The van der Waals surface area contributed by atoms with Gasteiger partial charge in [-0.1, -0.05) is 118 Å². The molecule has 5 aliphatic rings. The SMILES string of the molecule is CC(C)=CCCC(C)C1CCC2(C)C3=C(CCC12C)C1(C)CCC(O)C(C)(C)C1CC3.CN1CCCC1CCOC(C)(c1ccccc1)c1ccc(Cl)cc1.O=C(O)C=CC(=O)O. The second kappa shape index (κ2) is 20.9. The number of aliphatic carboxylic acids is 2. The number of allylic oxidation sites excluding steroid dienone is 4. The zero-order valence-corrected chi connectivity index (χ0v) is 41.1. The number of aliphatic hydroxyl groups is 1. The third-order valence-electron chi connectivity index (χ3n) is 17.3. The minimum Gasteiger partial charge on any atom is -0.478 e. The second-order valence-corrected chi connectivity index (χ2v) is 21.8. The van der Waals surface area contributed by atoms with Gasteiger partial charge in [-0.25, -0.2) is 9.59 Å². The Hall–Kier alpha value is -3.23. The van der Waals surface area contributed by atoms with Crippen LogP contribution in [-0.2, 0) is 19.9 Å². The number of halogens is 1. The average Bonchev–Trinajstić information content (AvgIpc) is 3.78. The maximum absolute atomic E-state index is 10.8. The van der Waals surface area contributed by atoms with Gasteiger partial charge in [-0.2, -0.15) is 0 Å². The highest BCUT2D eigenvalue weighted by atomic mass is 35.5. The fraction of sp³-hybridized carbons (Fsp3) is 0.636. The van der Waals surface area contributed by atoms with E-state index in [9.17, 15) is 14.7 Å². The Kier molecular flexibility index (Phi) is 16.9. The number of benzene rings is 2. The molecule has 4 aliphatic carbocycles. The van der Waals surface area contributed by atoms with E-state index in [1.807, 2.05) is 29.3 Å². The number of ether oxygens (including phenoxy) is 1. The number of hydrogen-bond acceptors (Lipinski definition) is 5. The minimum absolute atomic E-state index is 0.0465. The molecule has 1 heterocycles. The summed E-state index contributed by atoms with van der Waals surface area (Å²) in [5, 5.41) is 27.2.